The van der Waals surface area contributed by atoms with Gasteiger partial charge in [-0.1, -0.05) is 24.3 Å². The van der Waals surface area contributed by atoms with Crippen molar-refractivity contribution < 1.29 is 13.9 Å². The number of carbonyl (C=O) groups excluding carboxylic acids is 1. The van der Waals surface area contributed by atoms with Gasteiger partial charge in [0, 0.05) is 0 Å². The average Bonchev–Trinajstić information content (AvgIpc) is 3.35. The third-order valence-corrected chi connectivity index (χ3v) is 5.94. The van der Waals surface area contributed by atoms with Crippen molar-refractivity contribution in [2.75, 3.05) is 6.61 Å². The number of ether oxygens (including phenoxy) is 1. The maximum atomic E-state index is 13.2. The molecule has 1 aliphatic rings. The molecule has 1 aromatic heterocycles. The summed E-state index contributed by atoms with van der Waals surface area (Å²) in [6, 6.07) is 19.0. The molecule has 3 aromatic rings. The van der Waals surface area contributed by atoms with Crippen molar-refractivity contribution in [3.8, 4) is 5.75 Å². The lowest BCUT2D eigenvalue weighted by Crippen LogP contribution is -2.28. The number of nitrogens with zero attached hydrogens (tertiary/aromatic N) is 2. The van der Waals surface area contributed by atoms with Gasteiger partial charge in [0.25, 0.3) is 5.91 Å². The van der Waals surface area contributed by atoms with Crippen LogP contribution in [-0.4, -0.2) is 22.6 Å². The lowest BCUT2D eigenvalue weighted by molar-refractivity contribution is -0.122. The molecule has 30 heavy (non-hydrogen) atoms. The zero-order valence-electron chi connectivity index (χ0n) is 16.2. The fourth-order valence-electron chi connectivity index (χ4n) is 2.93. The van der Waals surface area contributed by atoms with Crippen LogP contribution in [0.5, 0.6) is 5.75 Å². The Bertz CT molecular complexity index is 1090. The van der Waals surface area contributed by atoms with Gasteiger partial charge in [-0.3, -0.25) is 9.69 Å². The summed E-state index contributed by atoms with van der Waals surface area (Å²) in [6.07, 6.45) is 3.47. The van der Waals surface area contributed by atoms with Crippen LogP contribution in [0.3, 0.4) is 0 Å². The predicted molar refractivity (Wildman–Crippen MR) is 124 cm³/mol. The number of hydrogen-bond donors (Lipinski definition) is 0. The van der Waals surface area contributed by atoms with Crippen LogP contribution < -0.4 is 4.74 Å². The summed E-state index contributed by atoms with van der Waals surface area (Å²) in [7, 11) is 0. The number of thioether (sulfide) groups is 1. The summed E-state index contributed by atoms with van der Waals surface area (Å²) in [5.74, 6) is 1.38. The number of rotatable bonds is 6. The molecule has 0 radical (unpaired) electrons. The summed E-state index contributed by atoms with van der Waals surface area (Å²) in [6.45, 7) is 2.86. The van der Waals surface area contributed by atoms with Gasteiger partial charge in [0.05, 0.1) is 34.5 Å². The molecule has 0 N–H and O–H groups in total. The van der Waals surface area contributed by atoms with Gasteiger partial charge >= 0.3 is 0 Å². The molecular formula is C23H19BrN2O3S. The lowest BCUT2D eigenvalue weighted by Gasteiger charge is -2.13. The third kappa shape index (κ3) is 4.68. The van der Waals surface area contributed by atoms with E-state index in [4.69, 9.17) is 14.1 Å². The molecule has 1 saturated heterocycles. The van der Waals surface area contributed by atoms with Gasteiger partial charge in [-0.2, -0.15) is 0 Å². The topological polar surface area (TPSA) is 55.0 Å². The predicted octanol–water partition coefficient (Wildman–Crippen LogP) is 6.25. The summed E-state index contributed by atoms with van der Waals surface area (Å²) in [5.41, 5.74) is 1.70. The fourth-order valence-corrected chi connectivity index (χ4v) is 4.44. The highest BCUT2D eigenvalue weighted by Gasteiger charge is 2.34. The standard InChI is InChI=1S/C23H19BrN2O3S/c1-2-28-20-11-10-16(13-19(20)24)14-21-22(27)26(15-18-9-6-12-29-18)23(30-21)25-17-7-4-3-5-8-17/h3-14H,2,15H2,1H3/b21-14-,25-23?. The van der Waals surface area contributed by atoms with Gasteiger partial charge < -0.3 is 9.15 Å². The SMILES string of the molecule is CCOc1ccc(/C=C2\SC(=Nc3ccccc3)N(Cc3ccco3)C2=O)cc1Br. The van der Waals surface area contributed by atoms with E-state index in [1.54, 1.807) is 11.2 Å². The number of amides is 1. The Morgan fingerprint density at radius 1 is 1.17 bits per heavy atom. The Labute approximate surface area is 187 Å². The summed E-state index contributed by atoms with van der Waals surface area (Å²) >= 11 is 4.89. The Morgan fingerprint density at radius 2 is 2.00 bits per heavy atom. The number of para-hydroxylation sites is 1. The van der Waals surface area contributed by atoms with Crippen molar-refractivity contribution in [1.82, 2.24) is 4.90 Å². The molecular weight excluding hydrogens is 464 g/mol. The zero-order chi connectivity index (χ0) is 20.9. The van der Waals surface area contributed by atoms with Crippen LogP contribution in [0.15, 0.2) is 85.7 Å². The number of carbonyl (C=O) groups is 1. The first-order chi connectivity index (χ1) is 14.6. The van der Waals surface area contributed by atoms with Crippen LogP contribution in [-0.2, 0) is 11.3 Å². The smallest absolute Gasteiger partial charge is 0.267 e. The van der Waals surface area contributed by atoms with E-state index in [-0.39, 0.29) is 5.91 Å². The molecule has 0 unspecified atom stereocenters. The number of hydrogen-bond acceptors (Lipinski definition) is 5. The Balaban J connectivity index is 1.66. The summed E-state index contributed by atoms with van der Waals surface area (Å²) in [5, 5.41) is 0.624. The van der Waals surface area contributed by atoms with Crippen LogP contribution in [0.2, 0.25) is 0 Å². The molecule has 152 valence electrons. The molecule has 0 saturated carbocycles. The maximum absolute atomic E-state index is 13.2. The van der Waals surface area contributed by atoms with E-state index in [9.17, 15) is 4.79 Å². The lowest BCUT2D eigenvalue weighted by atomic mass is 10.2. The highest BCUT2D eigenvalue weighted by molar-refractivity contribution is 9.10. The van der Waals surface area contributed by atoms with E-state index in [2.05, 4.69) is 15.9 Å². The van der Waals surface area contributed by atoms with Gasteiger partial charge in [-0.15, -0.1) is 0 Å². The van der Waals surface area contributed by atoms with Crippen molar-refractivity contribution >= 4 is 50.5 Å². The van der Waals surface area contributed by atoms with E-state index in [0.29, 0.717) is 29.0 Å². The second-order valence-corrected chi connectivity index (χ2v) is 8.30. The van der Waals surface area contributed by atoms with Gasteiger partial charge in [0.15, 0.2) is 5.17 Å². The van der Waals surface area contributed by atoms with E-state index in [1.165, 1.54) is 11.8 Å². The number of halogens is 1. The Morgan fingerprint density at radius 3 is 2.70 bits per heavy atom. The van der Waals surface area contributed by atoms with Crippen LogP contribution >= 0.6 is 27.7 Å². The van der Waals surface area contributed by atoms with Crippen LogP contribution in [0, 0.1) is 0 Å². The Hall–Kier alpha value is -2.77. The molecule has 0 bridgehead atoms. The monoisotopic (exact) mass is 482 g/mol. The first kappa shape index (κ1) is 20.5. The van der Waals surface area contributed by atoms with Crippen molar-refractivity contribution in [1.29, 1.82) is 0 Å². The molecule has 0 aliphatic carbocycles. The zero-order valence-corrected chi connectivity index (χ0v) is 18.7. The highest BCUT2D eigenvalue weighted by atomic mass is 79.9. The number of benzene rings is 2. The molecule has 5 nitrogen and oxygen atoms in total. The average molecular weight is 483 g/mol. The molecule has 1 aliphatic heterocycles. The quantitative estimate of drug-likeness (QED) is 0.389. The van der Waals surface area contributed by atoms with E-state index in [1.807, 2.05) is 73.7 Å². The number of furan rings is 1. The third-order valence-electron chi connectivity index (χ3n) is 4.32. The molecule has 0 spiro atoms. The van der Waals surface area contributed by atoms with Crippen molar-refractivity contribution in [3.63, 3.8) is 0 Å². The van der Waals surface area contributed by atoms with E-state index in [0.717, 1.165) is 21.5 Å². The van der Waals surface area contributed by atoms with Gasteiger partial charge in [-0.05, 0) is 82.7 Å². The highest BCUT2D eigenvalue weighted by Crippen LogP contribution is 2.36. The Kier molecular flexibility index (Phi) is 6.40. The molecule has 2 heterocycles. The minimum atomic E-state index is -0.101. The molecule has 1 amide bonds. The molecule has 0 atom stereocenters. The summed E-state index contributed by atoms with van der Waals surface area (Å²) < 4.78 is 11.9. The first-order valence-electron chi connectivity index (χ1n) is 9.44. The normalized spacial score (nSPS) is 16.6. The molecule has 2 aromatic carbocycles. The van der Waals surface area contributed by atoms with Crippen LogP contribution in [0.4, 0.5) is 5.69 Å². The minimum Gasteiger partial charge on any atom is -0.493 e. The van der Waals surface area contributed by atoms with Gasteiger partial charge in [0.2, 0.25) is 0 Å². The first-order valence-corrected chi connectivity index (χ1v) is 11.0. The van der Waals surface area contributed by atoms with Gasteiger partial charge in [0.1, 0.15) is 11.5 Å². The van der Waals surface area contributed by atoms with Crippen molar-refractivity contribution in [2.24, 2.45) is 4.99 Å². The number of aliphatic imine (C=N–C) groups is 1. The summed E-state index contributed by atoms with van der Waals surface area (Å²) in [4.78, 5) is 20.1. The maximum Gasteiger partial charge on any atom is 0.267 e. The molecule has 1 fully saturated rings. The second kappa shape index (κ2) is 9.36. The van der Waals surface area contributed by atoms with Crippen LogP contribution in [0.1, 0.15) is 18.2 Å². The minimum absolute atomic E-state index is 0.101. The molecule has 7 heteroatoms. The van der Waals surface area contributed by atoms with Crippen LogP contribution in [0.25, 0.3) is 6.08 Å². The van der Waals surface area contributed by atoms with Gasteiger partial charge in [-0.25, -0.2) is 4.99 Å². The van der Waals surface area contributed by atoms with Crippen molar-refractivity contribution in [2.45, 2.75) is 13.5 Å². The fraction of sp³-hybridized carbons (Fsp3) is 0.130. The van der Waals surface area contributed by atoms with E-state index < -0.39 is 0 Å². The van der Waals surface area contributed by atoms with Crippen molar-refractivity contribution in [3.05, 3.63) is 87.6 Å². The van der Waals surface area contributed by atoms with E-state index >= 15 is 0 Å². The molecule has 4 rings (SSSR count). The number of amidine groups is 1. The largest absolute Gasteiger partial charge is 0.493 e. The second-order valence-electron chi connectivity index (χ2n) is 6.43.